The second-order valence-electron chi connectivity index (χ2n) is 4.58. The first-order chi connectivity index (χ1) is 11.0. The lowest BCUT2D eigenvalue weighted by Gasteiger charge is -2.10. The van der Waals surface area contributed by atoms with Gasteiger partial charge in [-0.2, -0.15) is 0 Å². The predicted molar refractivity (Wildman–Crippen MR) is 81.5 cm³/mol. The molecule has 1 aromatic carbocycles. The van der Waals surface area contributed by atoms with E-state index in [0.717, 1.165) is 16.6 Å². The summed E-state index contributed by atoms with van der Waals surface area (Å²) >= 11 is 1.57. The molecular formula is C15H12F3N3OS. The standard InChI is InChI=1S/C15H12F3N3OS/c1-2-23-14-20-12(9-13-19-7-8-21(13)14)10-3-5-11(6-4-10)22-15(16,17)18/h3-9H,2H2,1H3. The van der Waals surface area contributed by atoms with E-state index in [1.165, 1.54) is 12.1 Å². The number of rotatable bonds is 4. The second kappa shape index (κ2) is 6.11. The number of thioether (sulfide) groups is 1. The van der Waals surface area contributed by atoms with Gasteiger partial charge in [-0.25, -0.2) is 9.97 Å². The topological polar surface area (TPSA) is 39.4 Å². The fourth-order valence-electron chi connectivity index (χ4n) is 2.10. The van der Waals surface area contributed by atoms with Crippen molar-refractivity contribution < 1.29 is 17.9 Å². The number of hydrogen-bond donors (Lipinski definition) is 0. The van der Waals surface area contributed by atoms with Gasteiger partial charge in [-0.05, 0) is 30.0 Å². The third-order valence-corrected chi connectivity index (χ3v) is 3.85. The Morgan fingerprint density at radius 2 is 1.96 bits per heavy atom. The number of nitrogens with zero attached hydrogens (tertiary/aromatic N) is 3. The molecule has 0 aliphatic rings. The highest BCUT2D eigenvalue weighted by Crippen LogP contribution is 2.28. The van der Waals surface area contributed by atoms with Gasteiger partial charge in [0.2, 0.25) is 0 Å². The molecule has 0 radical (unpaired) electrons. The lowest BCUT2D eigenvalue weighted by Crippen LogP contribution is -2.16. The number of benzene rings is 1. The van der Waals surface area contributed by atoms with E-state index in [1.54, 1.807) is 36.2 Å². The van der Waals surface area contributed by atoms with Gasteiger partial charge in [0.05, 0.1) is 5.69 Å². The number of aromatic nitrogens is 3. The number of fused-ring (bicyclic) bond motifs is 1. The van der Waals surface area contributed by atoms with E-state index in [4.69, 9.17) is 0 Å². The van der Waals surface area contributed by atoms with Crippen LogP contribution in [0.4, 0.5) is 13.2 Å². The lowest BCUT2D eigenvalue weighted by molar-refractivity contribution is -0.274. The number of imidazole rings is 1. The molecule has 0 spiro atoms. The molecular weight excluding hydrogens is 327 g/mol. The van der Waals surface area contributed by atoms with Crippen molar-refractivity contribution in [2.45, 2.75) is 18.4 Å². The van der Waals surface area contributed by atoms with Gasteiger partial charge in [-0.1, -0.05) is 18.7 Å². The van der Waals surface area contributed by atoms with Crippen LogP contribution in [0.3, 0.4) is 0 Å². The Bertz CT molecular complexity index is 815. The van der Waals surface area contributed by atoms with Crippen LogP contribution in [-0.4, -0.2) is 26.5 Å². The van der Waals surface area contributed by atoms with Gasteiger partial charge in [0.15, 0.2) is 5.16 Å². The van der Waals surface area contributed by atoms with Gasteiger partial charge in [0.1, 0.15) is 11.4 Å². The van der Waals surface area contributed by atoms with Gasteiger partial charge in [0, 0.05) is 24.0 Å². The number of ether oxygens (including phenoxy) is 1. The van der Waals surface area contributed by atoms with E-state index >= 15 is 0 Å². The average molecular weight is 339 g/mol. The Morgan fingerprint density at radius 1 is 1.22 bits per heavy atom. The Kier molecular flexibility index (Phi) is 4.16. The maximum absolute atomic E-state index is 12.2. The zero-order chi connectivity index (χ0) is 16.4. The zero-order valence-electron chi connectivity index (χ0n) is 12.0. The highest BCUT2D eigenvalue weighted by molar-refractivity contribution is 7.99. The summed E-state index contributed by atoms with van der Waals surface area (Å²) in [5.74, 6) is 0.591. The highest BCUT2D eigenvalue weighted by atomic mass is 32.2. The SMILES string of the molecule is CCSc1nc(-c2ccc(OC(F)(F)F)cc2)cc2nccn12. The monoisotopic (exact) mass is 339 g/mol. The third kappa shape index (κ3) is 3.58. The van der Waals surface area contributed by atoms with Crippen molar-refractivity contribution in [2.75, 3.05) is 5.75 Å². The van der Waals surface area contributed by atoms with Gasteiger partial charge in [-0.15, -0.1) is 13.2 Å². The molecule has 0 saturated heterocycles. The molecule has 120 valence electrons. The van der Waals surface area contributed by atoms with Gasteiger partial charge in [0.25, 0.3) is 0 Å². The smallest absolute Gasteiger partial charge is 0.406 e. The van der Waals surface area contributed by atoms with E-state index in [-0.39, 0.29) is 5.75 Å². The van der Waals surface area contributed by atoms with E-state index in [2.05, 4.69) is 14.7 Å². The number of alkyl halides is 3. The van der Waals surface area contributed by atoms with Crippen molar-refractivity contribution in [2.24, 2.45) is 0 Å². The molecule has 2 aromatic heterocycles. The summed E-state index contributed by atoms with van der Waals surface area (Å²) in [5.41, 5.74) is 2.09. The van der Waals surface area contributed by atoms with Crippen molar-refractivity contribution in [3.8, 4) is 17.0 Å². The minimum Gasteiger partial charge on any atom is -0.406 e. The number of halogens is 3. The predicted octanol–water partition coefficient (Wildman–Crippen LogP) is 4.41. The molecule has 23 heavy (non-hydrogen) atoms. The summed E-state index contributed by atoms with van der Waals surface area (Å²) in [7, 11) is 0. The van der Waals surface area contributed by atoms with Gasteiger partial charge >= 0.3 is 6.36 Å². The molecule has 3 aromatic rings. The molecule has 0 unspecified atom stereocenters. The molecule has 4 nitrogen and oxygen atoms in total. The van der Waals surface area contributed by atoms with Crippen LogP contribution in [0, 0.1) is 0 Å². The molecule has 0 saturated carbocycles. The van der Waals surface area contributed by atoms with Crippen molar-refractivity contribution in [3.05, 3.63) is 42.7 Å². The van der Waals surface area contributed by atoms with Crippen LogP contribution in [0.5, 0.6) is 5.75 Å². The second-order valence-corrected chi connectivity index (χ2v) is 5.82. The van der Waals surface area contributed by atoms with Crippen molar-refractivity contribution in [1.29, 1.82) is 0 Å². The fourth-order valence-corrected chi connectivity index (χ4v) is 2.82. The van der Waals surface area contributed by atoms with Crippen LogP contribution in [-0.2, 0) is 0 Å². The first-order valence-corrected chi connectivity index (χ1v) is 7.78. The lowest BCUT2D eigenvalue weighted by atomic mass is 10.1. The summed E-state index contributed by atoms with van der Waals surface area (Å²) in [4.78, 5) is 8.81. The molecule has 0 bridgehead atoms. The number of hydrogen-bond acceptors (Lipinski definition) is 4. The molecule has 0 atom stereocenters. The molecule has 0 aliphatic carbocycles. The maximum Gasteiger partial charge on any atom is 0.573 e. The fraction of sp³-hybridized carbons (Fsp3) is 0.200. The van der Waals surface area contributed by atoms with E-state index in [9.17, 15) is 13.2 Å². The summed E-state index contributed by atoms with van der Waals surface area (Å²) in [6, 6.07) is 7.42. The molecule has 2 heterocycles. The van der Waals surface area contributed by atoms with E-state index in [1.807, 2.05) is 17.5 Å². The Labute approximate surface area is 134 Å². The first kappa shape index (κ1) is 15.7. The van der Waals surface area contributed by atoms with E-state index < -0.39 is 6.36 Å². The largest absolute Gasteiger partial charge is 0.573 e. The van der Waals surface area contributed by atoms with Crippen LogP contribution in [0.1, 0.15) is 6.92 Å². The van der Waals surface area contributed by atoms with Crippen molar-refractivity contribution in [1.82, 2.24) is 14.4 Å². The van der Waals surface area contributed by atoms with Gasteiger partial charge in [-0.3, -0.25) is 4.40 Å². The Hall–Kier alpha value is -2.22. The summed E-state index contributed by atoms with van der Waals surface area (Å²) < 4.78 is 42.3. The summed E-state index contributed by atoms with van der Waals surface area (Å²) in [5, 5.41) is 0.785. The average Bonchev–Trinajstić information content (AvgIpc) is 2.95. The van der Waals surface area contributed by atoms with Crippen molar-refractivity contribution >= 4 is 17.4 Å². The van der Waals surface area contributed by atoms with Crippen LogP contribution >= 0.6 is 11.8 Å². The molecule has 0 aliphatic heterocycles. The maximum atomic E-state index is 12.2. The van der Waals surface area contributed by atoms with Crippen LogP contribution in [0.2, 0.25) is 0 Å². The highest BCUT2D eigenvalue weighted by Gasteiger charge is 2.30. The summed E-state index contributed by atoms with van der Waals surface area (Å²) in [6.07, 6.45) is -1.19. The van der Waals surface area contributed by atoms with Gasteiger partial charge < -0.3 is 4.74 Å². The minimum atomic E-state index is -4.69. The normalized spacial score (nSPS) is 11.8. The van der Waals surface area contributed by atoms with Crippen LogP contribution in [0.25, 0.3) is 16.9 Å². The molecule has 0 N–H and O–H groups in total. The zero-order valence-corrected chi connectivity index (χ0v) is 12.9. The molecule has 0 fully saturated rings. The Balaban J connectivity index is 1.96. The molecule has 8 heteroatoms. The van der Waals surface area contributed by atoms with Crippen molar-refractivity contribution in [3.63, 3.8) is 0 Å². The third-order valence-electron chi connectivity index (χ3n) is 3.01. The van der Waals surface area contributed by atoms with E-state index in [0.29, 0.717) is 11.3 Å². The quantitative estimate of drug-likeness (QED) is 0.521. The van der Waals surface area contributed by atoms with Crippen LogP contribution < -0.4 is 4.74 Å². The molecule has 0 amide bonds. The van der Waals surface area contributed by atoms with Crippen LogP contribution in [0.15, 0.2) is 47.9 Å². The summed E-state index contributed by atoms with van der Waals surface area (Å²) in [6.45, 7) is 2.02. The minimum absolute atomic E-state index is 0.258. The molecule has 3 rings (SSSR count). The first-order valence-electron chi connectivity index (χ1n) is 6.79. The Morgan fingerprint density at radius 3 is 2.61 bits per heavy atom.